The highest BCUT2D eigenvalue weighted by atomic mass is 16.2. The van der Waals surface area contributed by atoms with E-state index in [0.29, 0.717) is 5.92 Å². The Kier molecular flexibility index (Phi) is 5.33. The molecule has 2 N–H and O–H groups in total. The van der Waals surface area contributed by atoms with Crippen LogP contribution >= 0.6 is 0 Å². The molecule has 0 unspecified atom stereocenters. The van der Waals surface area contributed by atoms with E-state index in [9.17, 15) is 9.59 Å². The molecule has 5 nitrogen and oxygen atoms in total. The summed E-state index contributed by atoms with van der Waals surface area (Å²) in [5.41, 5.74) is 1.37. The van der Waals surface area contributed by atoms with E-state index in [1.165, 1.54) is 12.6 Å². The molecule has 1 saturated heterocycles. The van der Waals surface area contributed by atoms with Crippen molar-refractivity contribution in [2.45, 2.75) is 31.7 Å². The van der Waals surface area contributed by atoms with Crippen LogP contribution in [0.2, 0.25) is 0 Å². The molecule has 2 rings (SSSR count). The van der Waals surface area contributed by atoms with Crippen LogP contribution in [0.15, 0.2) is 30.3 Å². The van der Waals surface area contributed by atoms with Gasteiger partial charge in [0.05, 0.1) is 6.04 Å². The van der Waals surface area contributed by atoms with Crippen molar-refractivity contribution in [3.8, 4) is 0 Å². The van der Waals surface area contributed by atoms with Gasteiger partial charge in [0.2, 0.25) is 5.91 Å². The van der Waals surface area contributed by atoms with E-state index in [1.54, 1.807) is 0 Å². The first kappa shape index (κ1) is 15.5. The molecule has 1 atom stereocenters. The zero-order chi connectivity index (χ0) is 15.2. The number of piperidine rings is 1. The van der Waals surface area contributed by atoms with Crippen molar-refractivity contribution in [1.29, 1.82) is 0 Å². The van der Waals surface area contributed by atoms with Crippen molar-refractivity contribution in [3.63, 3.8) is 0 Å². The van der Waals surface area contributed by atoms with Crippen molar-refractivity contribution in [2.24, 2.45) is 0 Å². The summed E-state index contributed by atoms with van der Waals surface area (Å²) in [5, 5.41) is 4.73. The number of benzene rings is 1. The Hall–Kier alpha value is -1.88. The Morgan fingerprint density at radius 3 is 2.38 bits per heavy atom. The number of hydrogen-bond donors (Lipinski definition) is 2. The van der Waals surface area contributed by atoms with Gasteiger partial charge in [-0.3, -0.25) is 15.0 Å². The molecular formula is C16H23N3O2. The summed E-state index contributed by atoms with van der Waals surface area (Å²) in [5.74, 6) is 0.323. The Bertz CT molecular complexity index is 482. The fourth-order valence-corrected chi connectivity index (χ4v) is 2.79. The van der Waals surface area contributed by atoms with Gasteiger partial charge in [-0.2, -0.15) is 0 Å². The number of likely N-dealkylation sites (tertiary alicyclic amines) is 1. The molecule has 1 heterocycles. The first-order valence-corrected chi connectivity index (χ1v) is 7.43. The van der Waals surface area contributed by atoms with E-state index in [2.05, 4.69) is 39.8 Å². The van der Waals surface area contributed by atoms with Crippen LogP contribution < -0.4 is 10.6 Å². The first-order chi connectivity index (χ1) is 10.1. The Morgan fingerprint density at radius 2 is 1.81 bits per heavy atom. The summed E-state index contributed by atoms with van der Waals surface area (Å²) >= 11 is 0. The van der Waals surface area contributed by atoms with Crippen molar-refractivity contribution < 1.29 is 9.59 Å². The lowest BCUT2D eigenvalue weighted by atomic mass is 9.89. The third kappa shape index (κ3) is 4.04. The van der Waals surface area contributed by atoms with Crippen LogP contribution in [-0.2, 0) is 4.79 Å². The van der Waals surface area contributed by atoms with Gasteiger partial charge in [0, 0.05) is 7.05 Å². The minimum Gasteiger partial charge on any atom is -0.341 e. The minimum atomic E-state index is -0.453. The highest BCUT2D eigenvalue weighted by molar-refractivity contribution is 5.96. The fourth-order valence-electron chi connectivity index (χ4n) is 2.79. The van der Waals surface area contributed by atoms with E-state index in [0.717, 1.165) is 25.9 Å². The van der Waals surface area contributed by atoms with Gasteiger partial charge in [-0.05, 0) is 44.3 Å². The SMILES string of the molecule is CNC(=O)NC(=O)[C@@H](C)N1CCC(c2ccccc2)CC1. The number of carbonyl (C=O) groups is 2. The molecule has 5 heteroatoms. The predicted octanol–water partition coefficient (Wildman–Crippen LogP) is 1.71. The molecule has 1 aliphatic heterocycles. The molecule has 1 aromatic rings. The fraction of sp³-hybridized carbons (Fsp3) is 0.500. The highest BCUT2D eigenvalue weighted by Crippen LogP contribution is 2.28. The molecule has 0 saturated carbocycles. The Labute approximate surface area is 125 Å². The van der Waals surface area contributed by atoms with Crippen LogP contribution in [0.25, 0.3) is 0 Å². The minimum absolute atomic E-state index is 0.243. The number of carbonyl (C=O) groups excluding carboxylic acids is 2. The van der Waals surface area contributed by atoms with Crippen molar-refractivity contribution in [1.82, 2.24) is 15.5 Å². The third-order valence-corrected chi connectivity index (χ3v) is 4.19. The van der Waals surface area contributed by atoms with Crippen LogP contribution in [0.1, 0.15) is 31.2 Å². The monoisotopic (exact) mass is 289 g/mol. The number of rotatable bonds is 3. The second-order valence-corrected chi connectivity index (χ2v) is 5.47. The second-order valence-electron chi connectivity index (χ2n) is 5.47. The van der Waals surface area contributed by atoms with Crippen LogP contribution in [-0.4, -0.2) is 43.0 Å². The quantitative estimate of drug-likeness (QED) is 0.890. The van der Waals surface area contributed by atoms with E-state index in [1.807, 2.05) is 13.0 Å². The number of nitrogens with one attached hydrogen (secondary N) is 2. The predicted molar refractivity (Wildman–Crippen MR) is 82.1 cm³/mol. The van der Waals surface area contributed by atoms with E-state index >= 15 is 0 Å². The molecule has 0 aromatic heterocycles. The van der Waals surface area contributed by atoms with Gasteiger partial charge in [0.25, 0.3) is 0 Å². The van der Waals surface area contributed by atoms with E-state index in [4.69, 9.17) is 0 Å². The molecule has 1 fully saturated rings. The first-order valence-electron chi connectivity index (χ1n) is 7.43. The van der Waals surface area contributed by atoms with Gasteiger partial charge < -0.3 is 5.32 Å². The molecule has 0 aliphatic carbocycles. The van der Waals surface area contributed by atoms with Gasteiger partial charge in [0.1, 0.15) is 0 Å². The second kappa shape index (κ2) is 7.22. The highest BCUT2D eigenvalue weighted by Gasteiger charge is 2.27. The topological polar surface area (TPSA) is 61.4 Å². The van der Waals surface area contributed by atoms with E-state index in [-0.39, 0.29) is 11.9 Å². The van der Waals surface area contributed by atoms with Gasteiger partial charge >= 0.3 is 6.03 Å². The molecular weight excluding hydrogens is 266 g/mol. The van der Waals surface area contributed by atoms with Gasteiger partial charge in [0.15, 0.2) is 0 Å². The molecule has 1 aromatic carbocycles. The summed E-state index contributed by atoms with van der Waals surface area (Å²) in [7, 11) is 1.50. The lowest BCUT2D eigenvalue weighted by molar-refractivity contribution is -0.125. The number of amides is 3. The average Bonchev–Trinajstić information content (AvgIpc) is 2.55. The summed E-state index contributed by atoms with van der Waals surface area (Å²) in [6.45, 7) is 3.60. The van der Waals surface area contributed by atoms with Gasteiger partial charge in [-0.25, -0.2) is 4.79 Å². The lowest BCUT2D eigenvalue weighted by Gasteiger charge is -2.35. The molecule has 114 valence electrons. The maximum Gasteiger partial charge on any atom is 0.321 e. The van der Waals surface area contributed by atoms with Gasteiger partial charge in [-0.15, -0.1) is 0 Å². The molecule has 0 spiro atoms. The summed E-state index contributed by atoms with van der Waals surface area (Å²) < 4.78 is 0. The number of urea groups is 1. The van der Waals surface area contributed by atoms with Crippen LogP contribution in [0.3, 0.4) is 0 Å². The number of nitrogens with zero attached hydrogens (tertiary/aromatic N) is 1. The Morgan fingerprint density at radius 1 is 1.19 bits per heavy atom. The molecule has 1 aliphatic rings. The van der Waals surface area contributed by atoms with Crippen molar-refractivity contribution in [2.75, 3.05) is 20.1 Å². The maximum absolute atomic E-state index is 11.9. The largest absolute Gasteiger partial charge is 0.341 e. The normalized spacial score (nSPS) is 18.0. The lowest BCUT2D eigenvalue weighted by Crippen LogP contribution is -2.50. The molecule has 0 bridgehead atoms. The summed E-state index contributed by atoms with van der Waals surface area (Å²) in [6, 6.07) is 9.78. The number of imide groups is 1. The smallest absolute Gasteiger partial charge is 0.321 e. The molecule has 21 heavy (non-hydrogen) atoms. The standard InChI is InChI=1S/C16H23N3O2/c1-12(15(20)18-16(21)17-2)19-10-8-14(9-11-19)13-6-4-3-5-7-13/h3-7,12,14H,8-11H2,1-2H3,(H2,17,18,20,21)/t12-/m1/s1. The van der Waals surface area contributed by atoms with Crippen molar-refractivity contribution in [3.05, 3.63) is 35.9 Å². The van der Waals surface area contributed by atoms with Crippen LogP contribution in [0, 0.1) is 0 Å². The van der Waals surface area contributed by atoms with Gasteiger partial charge in [-0.1, -0.05) is 30.3 Å². The van der Waals surface area contributed by atoms with Crippen LogP contribution in [0.5, 0.6) is 0 Å². The van der Waals surface area contributed by atoms with Crippen LogP contribution in [0.4, 0.5) is 4.79 Å². The molecule has 0 radical (unpaired) electrons. The third-order valence-electron chi connectivity index (χ3n) is 4.19. The number of hydrogen-bond acceptors (Lipinski definition) is 3. The Balaban J connectivity index is 1.86. The maximum atomic E-state index is 11.9. The molecule has 3 amide bonds. The zero-order valence-corrected chi connectivity index (χ0v) is 12.6. The summed E-state index contributed by atoms with van der Waals surface area (Å²) in [6.07, 6.45) is 2.09. The van der Waals surface area contributed by atoms with E-state index < -0.39 is 6.03 Å². The zero-order valence-electron chi connectivity index (χ0n) is 12.6. The van der Waals surface area contributed by atoms with Crippen molar-refractivity contribution >= 4 is 11.9 Å². The summed E-state index contributed by atoms with van der Waals surface area (Å²) in [4.78, 5) is 25.3. The average molecular weight is 289 g/mol.